The molecule has 2 unspecified atom stereocenters. The first-order valence-corrected chi connectivity index (χ1v) is 9.16. The molecule has 2 atom stereocenters. The monoisotopic (exact) mass is 377 g/mol. The largest absolute Gasteiger partial charge is 0.464 e. The fraction of sp³-hybridized carbons (Fsp3) is 0.467. The lowest BCUT2D eigenvalue weighted by Crippen LogP contribution is -2.44. The highest BCUT2D eigenvalue weighted by Crippen LogP contribution is 2.23. The van der Waals surface area contributed by atoms with Crippen molar-refractivity contribution in [3.63, 3.8) is 0 Å². The molecule has 9 heteroatoms. The molecule has 0 aliphatic carbocycles. The average molecular weight is 378 g/mol. The van der Waals surface area contributed by atoms with E-state index in [9.17, 15) is 18.0 Å². The number of esters is 1. The van der Waals surface area contributed by atoms with Gasteiger partial charge in [-0.15, -0.1) is 11.6 Å². The molecular formula is C15H20ClNO6S. The number of carbonyl (C=O) groups excluding carboxylic acids is 2. The number of ether oxygens (including phenoxy) is 2. The van der Waals surface area contributed by atoms with Crippen LogP contribution in [-0.2, 0) is 24.1 Å². The van der Waals surface area contributed by atoms with Crippen molar-refractivity contribution in [2.45, 2.75) is 35.9 Å². The number of hydrogen-bond acceptors (Lipinski definition) is 6. The number of alkyl halides is 1. The van der Waals surface area contributed by atoms with Crippen LogP contribution in [-0.4, -0.2) is 44.9 Å². The summed E-state index contributed by atoms with van der Waals surface area (Å²) >= 11 is 6.02. The second-order valence-corrected chi connectivity index (χ2v) is 7.86. The van der Waals surface area contributed by atoms with E-state index in [-0.39, 0.29) is 17.9 Å². The predicted molar refractivity (Wildman–Crippen MR) is 88.6 cm³/mol. The topological polar surface area (TPSA) is 98.8 Å². The van der Waals surface area contributed by atoms with E-state index in [0.29, 0.717) is 0 Å². The van der Waals surface area contributed by atoms with Crippen LogP contribution < -0.4 is 5.32 Å². The molecule has 24 heavy (non-hydrogen) atoms. The summed E-state index contributed by atoms with van der Waals surface area (Å²) in [6, 6.07) is 4.93. The maximum Gasteiger partial charge on any atom is 0.407 e. The van der Waals surface area contributed by atoms with Crippen molar-refractivity contribution < 1.29 is 27.5 Å². The van der Waals surface area contributed by atoms with Gasteiger partial charge < -0.3 is 14.8 Å². The molecule has 134 valence electrons. The number of nitrogens with one attached hydrogen (secondary N) is 1. The normalized spacial score (nSPS) is 13.7. The number of amides is 1. The summed E-state index contributed by atoms with van der Waals surface area (Å²) in [6.45, 7) is 3.50. The van der Waals surface area contributed by atoms with Gasteiger partial charge in [-0.2, -0.15) is 0 Å². The number of halogens is 1. The number of benzene rings is 1. The zero-order valence-corrected chi connectivity index (χ0v) is 15.2. The quantitative estimate of drug-likeness (QED) is 0.576. The van der Waals surface area contributed by atoms with Crippen molar-refractivity contribution in [1.29, 1.82) is 0 Å². The van der Waals surface area contributed by atoms with Gasteiger partial charge in [-0.05, 0) is 26.0 Å². The number of rotatable bonds is 7. The van der Waals surface area contributed by atoms with Crippen LogP contribution in [0, 0.1) is 6.92 Å². The van der Waals surface area contributed by atoms with Crippen molar-refractivity contribution >= 4 is 33.5 Å². The predicted octanol–water partition coefficient (Wildman–Crippen LogP) is 2.01. The first-order valence-electron chi connectivity index (χ1n) is 7.18. The van der Waals surface area contributed by atoms with Crippen LogP contribution in [0.25, 0.3) is 0 Å². The molecule has 1 aromatic rings. The number of methoxy groups -OCH3 is 1. The molecule has 0 aliphatic rings. The van der Waals surface area contributed by atoms with Crippen molar-refractivity contribution in [3.05, 3.63) is 29.8 Å². The second kappa shape index (κ2) is 8.89. The average Bonchev–Trinajstić information content (AvgIpc) is 2.54. The van der Waals surface area contributed by atoms with E-state index in [0.717, 1.165) is 12.7 Å². The summed E-state index contributed by atoms with van der Waals surface area (Å²) in [5, 5.41) is 2.23. The molecule has 1 amide bonds. The highest BCUT2D eigenvalue weighted by molar-refractivity contribution is 7.93. The summed E-state index contributed by atoms with van der Waals surface area (Å²) < 4.78 is 32.8. The van der Waals surface area contributed by atoms with Gasteiger partial charge in [0.2, 0.25) is 0 Å². The fourth-order valence-corrected chi connectivity index (χ4v) is 3.59. The molecule has 0 saturated heterocycles. The van der Waals surface area contributed by atoms with E-state index in [2.05, 4.69) is 10.1 Å². The number of sulfone groups is 1. The number of carbonyl (C=O) groups is 2. The van der Waals surface area contributed by atoms with E-state index < -0.39 is 32.7 Å². The van der Waals surface area contributed by atoms with Crippen LogP contribution in [0.15, 0.2) is 29.2 Å². The Balaban J connectivity index is 2.96. The Kier molecular flexibility index (Phi) is 7.50. The van der Waals surface area contributed by atoms with Crippen LogP contribution in [0.2, 0.25) is 0 Å². The lowest BCUT2D eigenvalue weighted by molar-refractivity contribution is -0.145. The van der Waals surface area contributed by atoms with E-state index in [4.69, 9.17) is 16.3 Å². The van der Waals surface area contributed by atoms with Crippen molar-refractivity contribution in [1.82, 2.24) is 5.32 Å². The molecule has 0 heterocycles. The zero-order valence-electron chi connectivity index (χ0n) is 13.6. The minimum Gasteiger partial charge on any atom is -0.464 e. The molecule has 0 saturated carbocycles. The third-order valence-electron chi connectivity index (χ3n) is 3.16. The minimum atomic E-state index is -3.88. The van der Waals surface area contributed by atoms with E-state index in [1.807, 2.05) is 6.92 Å². The Morgan fingerprint density at radius 1 is 1.25 bits per heavy atom. The van der Waals surface area contributed by atoms with E-state index in [1.165, 1.54) is 12.1 Å². The Hall–Kier alpha value is -1.80. The highest BCUT2D eigenvalue weighted by Gasteiger charge is 2.33. The second-order valence-electron chi connectivity index (χ2n) is 4.94. The Morgan fingerprint density at radius 2 is 1.83 bits per heavy atom. The molecule has 1 N–H and O–H groups in total. The van der Waals surface area contributed by atoms with Crippen LogP contribution >= 0.6 is 11.6 Å². The molecule has 0 aromatic heterocycles. The molecule has 0 radical (unpaired) electrons. The van der Waals surface area contributed by atoms with E-state index in [1.54, 1.807) is 19.1 Å². The fourth-order valence-electron chi connectivity index (χ4n) is 1.85. The van der Waals surface area contributed by atoms with Crippen LogP contribution in [0.1, 0.15) is 18.9 Å². The highest BCUT2D eigenvalue weighted by atomic mass is 35.5. The minimum absolute atomic E-state index is 0.0359. The Morgan fingerprint density at radius 3 is 2.33 bits per heavy atom. The maximum absolute atomic E-state index is 12.5. The third kappa shape index (κ3) is 5.38. The standard InChI is InChI=1S/C15H20ClNO6S/c1-4-23-14(18)12(17-15(19)22-3)9-13(16)24(20,21)11-7-5-10(2)6-8-11/h5-8,12-13H,4,9H2,1-3H3,(H,17,19). The zero-order chi connectivity index (χ0) is 18.3. The van der Waals surface area contributed by atoms with Crippen LogP contribution in [0.5, 0.6) is 0 Å². The molecule has 0 fully saturated rings. The SMILES string of the molecule is CCOC(=O)C(CC(Cl)S(=O)(=O)c1ccc(C)cc1)NC(=O)OC. The number of alkyl carbamates (subject to hydrolysis) is 1. The van der Waals surface area contributed by atoms with Gasteiger partial charge in [0, 0.05) is 6.42 Å². The Bertz CT molecular complexity index is 674. The first-order chi connectivity index (χ1) is 11.2. The van der Waals surface area contributed by atoms with Crippen molar-refractivity contribution in [2.75, 3.05) is 13.7 Å². The summed E-state index contributed by atoms with van der Waals surface area (Å²) in [6.07, 6.45) is -1.24. The van der Waals surface area contributed by atoms with Gasteiger partial charge >= 0.3 is 12.1 Å². The van der Waals surface area contributed by atoms with Gasteiger partial charge in [-0.1, -0.05) is 17.7 Å². The van der Waals surface area contributed by atoms with Gasteiger partial charge in [0.15, 0.2) is 9.84 Å². The van der Waals surface area contributed by atoms with Crippen LogP contribution in [0.3, 0.4) is 0 Å². The molecule has 1 aromatic carbocycles. The Labute approximate surface area is 146 Å². The smallest absolute Gasteiger partial charge is 0.407 e. The van der Waals surface area contributed by atoms with Crippen LogP contribution in [0.4, 0.5) is 4.79 Å². The summed E-state index contributed by atoms with van der Waals surface area (Å²) in [7, 11) is -2.75. The van der Waals surface area contributed by atoms with Gasteiger partial charge in [0.05, 0.1) is 18.6 Å². The summed E-state index contributed by atoms with van der Waals surface area (Å²) in [4.78, 5) is 23.3. The molecule has 0 spiro atoms. The lowest BCUT2D eigenvalue weighted by atomic mass is 10.2. The van der Waals surface area contributed by atoms with Gasteiger partial charge in [0.1, 0.15) is 10.8 Å². The molecule has 0 aliphatic heterocycles. The molecule has 0 bridgehead atoms. The summed E-state index contributed by atoms with van der Waals surface area (Å²) in [5.41, 5.74) is 0.900. The number of aryl methyl sites for hydroxylation is 1. The lowest BCUT2D eigenvalue weighted by Gasteiger charge is -2.19. The number of hydrogen-bond donors (Lipinski definition) is 1. The van der Waals surface area contributed by atoms with Gasteiger partial charge in [-0.3, -0.25) is 0 Å². The van der Waals surface area contributed by atoms with Gasteiger partial charge in [0.25, 0.3) is 0 Å². The van der Waals surface area contributed by atoms with E-state index >= 15 is 0 Å². The molecule has 7 nitrogen and oxygen atoms in total. The van der Waals surface area contributed by atoms with Crippen molar-refractivity contribution in [3.8, 4) is 0 Å². The third-order valence-corrected chi connectivity index (χ3v) is 5.83. The summed E-state index contributed by atoms with van der Waals surface area (Å²) in [5.74, 6) is -0.785. The van der Waals surface area contributed by atoms with Crippen molar-refractivity contribution in [2.24, 2.45) is 0 Å². The molecule has 1 rings (SSSR count). The maximum atomic E-state index is 12.5. The molecular weight excluding hydrogens is 358 g/mol. The first kappa shape index (κ1) is 20.2. The van der Waals surface area contributed by atoms with Gasteiger partial charge in [-0.25, -0.2) is 18.0 Å².